The first-order valence-electron chi connectivity index (χ1n) is 4.66. The van der Waals surface area contributed by atoms with E-state index < -0.39 is 22.1 Å². The van der Waals surface area contributed by atoms with Gasteiger partial charge in [-0.1, -0.05) is 21.6 Å². The van der Waals surface area contributed by atoms with E-state index in [2.05, 4.69) is 0 Å². The lowest BCUT2D eigenvalue weighted by Gasteiger charge is -2.10. The Kier molecular flexibility index (Phi) is 8.16. The lowest BCUT2D eigenvalue weighted by atomic mass is 10.3. The van der Waals surface area contributed by atoms with Gasteiger partial charge in [0.2, 0.25) is 0 Å². The van der Waals surface area contributed by atoms with Crippen LogP contribution in [-0.4, -0.2) is 53.4 Å². The van der Waals surface area contributed by atoms with E-state index in [0.29, 0.717) is 5.75 Å². The largest absolute Gasteiger partial charge is 0.480 e. The summed E-state index contributed by atoms with van der Waals surface area (Å²) in [6.07, 6.45) is 0.164. The molecule has 0 aromatic rings. The topological polar surface area (TPSA) is 144 Å². The van der Waals surface area contributed by atoms with Crippen LogP contribution in [0.15, 0.2) is 0 Å². The number of hydrogen-bond donors (Lipinski definition) is 4. The zero-order valence-corrected chi connectivity index (χ0v) is 11.4. The fourth-order valence-electron chi connectivity index (χ4n) is 0.712. The quantitative estimate of drug-likeness (QED) is 0.249. The zero-order valence-electron chi connectivity index (χ0n) is 8.98. The number of carbonyl (C=O) groups is 1. The summed E-state index contributed by atoms with van der Waals surface area (Å²) in [7, 11) is -1.37. The molecule has 0 heterocycles. The molecule has 0 aromatic carbocycles. The molecule has 0 aromatic heterocycles. The number of aliphatic carboxylic acids is 1. The van der Waals surface area contributed by atoms with Crippen LogP contribution in [0.5, 0.6) is 0 Å². The summed E-state index contributed by atoms with van der Waals surface area (Å²) in [5, 5.41) is 8.50. The Morgan fingerprint density at radius 1 is 1.24 bits per heavy atom. The molecule has 0 radical (unpaired) electrons. The molecule has 0 saturated carbocycles. The molecule has 0 aliphatic heterocycles. The Bertz CT molecular complexity index is 334. The molecule has 17 heavy (non-hydrogen) atoms. The molecular weight excluding hydrogens is 288 g/mol. The lowest BCUT2D eigenvalue weighted by molar-refractivity contribution is -0.137. The number of carboxylic acid groups (broad SMARTS) is 1. The van der Waals surface area contributed by atoms with E-state index in [0.717, 1.165) is 0 Å². The van der Waals surface area contributed by atoms with Crippen LogP contribution in [0.25, 0.3) is 0 Å². The van der Waals surface area contributed by atoms with Crippen molar-refractivity contribution in [3.05, 3.63) is 0 Å². The summed E-state index contributed by atoms with van der Waals surface area (Å²) in [6, 6.07) is -1.28. The molecular formula is C7H16N2O5S3. The second-order valence-electron chi connectivity index (χ2n) is 3.35. The normalized spacial score (nSPS) is 15.5. The molecule has 0 aliphatic rings. The predicted octanol–water partition coefficient (Wildman–Crippen LogP) is -0.615. The molecule has 10 heteroatoms. The van der Waals surface area contributed by atoms with E-state index in [9.17, 15) is 13.2 Å². The van der Waals surface area contributed by atoms with Gasteiger partial charge in [-0.05, 0) is 6.42 Å². The van der Waals surface area contributed by atoms with E-state index in [-0.39, 0.29) is 24.0 Å². The lowest BCUT2D eigenvalue weighted by Crippen LogP contribution is -2.32. The molecule has 0 bridgehead atoms. The first-order chi connectivity index (χ1) is 7.72. The second-order valence-corrected chi connectivity index (χ2v) is 7.47. The van der Waals surface area contributed by atoms with Gasteiger partial charge in [-0.2, -0.15) is 8.42 Å². The van der Waals surface area contributed by atoms with Gasteiger partial charge in [0, 0.05) is 17.5 Å². The molecule has 6 N–H and O–H groups in total. The summed E-state index contributed by atoms with van der Waals surface area (Å²) in [5.74, 6) is -0.709. The van der Waals surface area contributed by atoms with Crippen LogP contribution < -0.4 is 11.5 Å². The first kappa shape index (κ1) is 17.0. The summed E-state index contributed by atoms with van der Waals surface area (Å²) >= 11 is 0. The second kappa shape index (κ2) is 8.16. The van der Waals surface area contributed by atoms with E-state index in [1.165, 1.54) is 21.6 Å². The highest BCUT2D eigenvalue weighted by molar-refractivity contribution is 8.76. The van der Waals surface area contributed by atoms with E-state index in [1.54, 1.807) is 0 Å². The standard InChI is InChI=1S/C7H16N2O5S3/c8-5(1-2-17(12,13)14)3-15-16-4-6(9)7(10)11/h5-6H,1-4,8-9H2,(H,10,11)(H,12,13,14). The number of hydrogen-bond acceptors (Lipinski definition) is 7. The monoisotopic (exact) mass is 304 g/mol. The summed E-state index contributed by atoms with van der Waals surface area (Å²) in [6.45, 7) is 0. The predicted molar refractivity (Wildman–Crippen MR) is 69.5 cm³/mol. The maximum absolute atomic E-state index is 10.4. The highest BCUT2D eigenvalue weighted by Crippen LogP contribution is 2.22. The first-order valence-corrected chi connectivity index (χ1v) is 8.75. The van der Waals surface area contributed by atoms with Crippen LogP contribution in [0.1, 0.15) is 6.42 Å². The average molecular weight is 304 g/mol. The highest BCUT2D eigenvalue weighted by atomic mass is 33.1. The van der Waals surface area contributed by atoms with Crippen molar-refractivity contribution in [2.45, 2.75) is 18.5 Å². The van der Waals surface area contributed by atoms with Gasteiger partial charge in [0.05, 0.1) is 5.75 Å². The SMILES string of the molecule is NC(CCS(=O)(=O)O)CSSCC(N)C(=O)O. The van der Waals surface area contributed by atoms with Crippen LogP contribution in [0.2, 0.25) is 0 Å². The Morgan fingerprint density at radius 2 is 1.76 bits per heavy atom. The van der Waals surface area contributed by atoms with Gasteiger partial charge in [0.25, 0.3) is 10.1 Å². The van der Waals surface area contributed by atoms with Gasteiger partial charge in [-0.3, -0.25) is 9.35 Å². The fraction of sp³-hybridized carbons (Fsp3) is 0.857. The van der Waals surface area contributed by atoms with Crippen molar-refractivity contribution in [2.24, 2.45) is 11.5 Å². The molecule has 0 aliphatic carbocycles. The van der Waals surface area contributed by atoms with E-state index >= 15 is 0 Å². The molecule has 0 fully saturated rings. The minimum atomic E-state index is -3.97. The third kappa shape index (κ3) is 10.9. The fourth-order valence-corrected chi connectivity index (χ4v) is 3.68. The zero-order chi connectivity index (χ0) is 13.5. The molecule has 2 atom stereocenters. The maximum atomic E-state index is 10.4. The third-order valence-corrected chi connectivity index (χ3v) is 4.97. The van der Waals surface area contributed by atoms with Crippen molar-refractivity contribution in [1.82, 2.24) is 0 Å². The minimum absolute atomic E-state index is 0.164. The van der Waals surface area contributed by atoms with Crippen molar-refractivity contribution in [3.63, 3.8) is 0 Å². The van der Waals surface area contributed by atoms with E-state index in [4.69, 9.17) is 21.1 Å². The number of carboxylic acids is 1. The molecule has 0 rings (SSSR count). The van der Waals surface area contributed by atoms with Crippen LogP contribution >= 0.6 is 21.6 Å². The van der Waals surface area contributed by atoms with Gasteiger partial charge in [-0.15, -0.1) is 0 Å². The summed E-state index contributed by atoms with van der Waals surface area (Å²) < 4.78 is 29.4. The molecule has 0 spiro atoms. The molecule has 7 nitrogen and oxygen atoms in total. The summed E-state index contributed by atoms with van der Waals surface area (Å²) in [5.41, 5.74) is 10.9. The van der Waals surface area contributed by atoms with Crippen LogP contribution in [0.4, 0.5) is 0 Å². The van der Waals surface area contributed by atoms with Gasteiger partial charge in [0.15, 0.2) is 0 Å². The maximum Gasteiger partial charge on any atom is 0.321 e. The Morgan fingerprint density at radius 3 is 2.24 bits per heavy atom. The molecule has 0 amide bonds. The van der Waals surface area contributed by atoms with E-state index in [1.807, 2.05) is 0 Å². The molecule has 2 unspecified atom stereocenters. The Labute approximate surface area is 108 Å². The van der Waals surface area contributed by atoms with Crippen molar-refractivity contribution in [3.8, 4) is 0 Å². The third-order valence-electron chi connectivity index (χ3n) is 1.68. The smallest absolute Gasteiger partial charge is 0.321 e. The minimum Gasteiger partial charge on any atom is -0.480 e. The van der Waals surface area contributed by atoms with Crippen LogP contribution in [-0.2, 0) is 14.9 Å². The van der Waals surface area contributed by atoms with Crippen molar-refractivity contribution < 1.29 is 22.9 Å². The van der Waals surface area contributed by atoms with Gasteiger partial charge in [0.1, 0.15) is 6.04 Å². The van der Waals surface area contributed by atoms with Crippen LogP contribution in [0, 0.1) is 0 Å². The Hall–Kier alpha value is -0.000000000000000111. The van der Waals surface area contributed by atoms with Crippen molar-refractivity contribution in [2.75, 3.05) is 17.3 Å². The van der Waals surface area contributed by atoms with Crippen molar-refractivity contribution in [1.29, 1.82) is 0 Å². The molecule has 102 valence electrons. The Balaban J connectivity index is 3.58. The van der Waals surface area contributed by atoms with Crippen molar-refractivity contribution >= 4 is 37.7 Å². The van der Waals surface area contributed by atoms with Gasteiger partial charge >= 0.3 is 5.97 Å². The number of nitrogens with two attached hydrogens (primary N) is 2. The van der Waals surface area contributed by atoms with Gasteiger partial charge in [-0.25, -0.2) is 0 Å². The molecule has 0 saturated heterocycles. The highest BCUT2D eigenvalue weighted by Gasteiger charge is 2.13. The summed E-state index contributed by atoms with van der Waals surface area (Å²) in [4.78, 5) is 10.4. The average Bonchev–Trinajstić information content (AvgIpc) is 2.20. The van der Waals surface area contributed by atoms with Crippen LogP contribution in [0.3, 0.4) is 0 Å². The van der Waals surface area contributed by atoms with Gasteiger partial charge < -0.3 is 16.6 Å². The number of rotatable bonds is 9.